The Hall–Kier alpha value is -7.42. The summed E-state index contributed by atoms with van der Waals surface area (Å²) in [7, 11) is 0. The van der Waals surface area contributed by atoms with Gasteiger partial charge >= 0.3 is 0 Å². The second kappa shape index (κ2) is 13.4. The highest BCUT2D eigenvalue weighted by molar-refractivity contribution is 5.97. The Labute approximate surface area is 333 Å². The Kier molecular flexibility index (Phi) is 7.75. The van der Waals surface area contributed by atoms with Crippen LogP contribution in [-0.2, 0) is 5.41 Å². The van der Waals surface area contributed by atoms with Crippen molar-refractivity contribution in [1.82, 2.24) is 0 Å². The summed E-state index contributed by atoms with van der Waals surface area (Å²) in [5.74, 6) is 1.80. The van der Waals surface area contributed by atoms with Crippen LogP contribution in [0.25, 0.3) is 44.5 Å². The summed E-state index contributed by atoms with van der Waals surface area (Å²) in [4.78, 5) is 2.36. The molecule has 0 atom stereocenters. The third-order valence-electron chi connectivity index (χ3n) is 11.7. The number of hydrogen-bond donors (Lipinski definition) is 0. The standard InChI is InChI=1S/C55H37NO/c1-3-16-38(17-4-1)40-18-13-19-41(36-40)39-32-34-44(35-33-39)56(43-21-5-2-6-22-43)45-23-14-20-42(37-45)46-25-15-29-51-54(46)47-24-7-8-26-48(47)55(51)49-27-9-11-30-52(49)57-53-31-12-10-28-50(53)55/h1-37H. The van der Waals surface area contributed by atoms with E-state index in [1.807, 2.05) is 0 Å². The first-order valence-electron chi connectivity index (χ1n) is 19.6. The van der Waals surface area contributed by atoms with E-state index >= 15 is 0 Å². The van der Waals surface area contributed by atoms with Crippen molar-refractivity contribution in [3.63, 3.8) is 0 Å². The number of para-hydroxylation sites is 3. The summed E-state index contributed by atoms with van der Waals surface area (Å²) in [6, 6.07) is 80.9. The van der Waals surface area contributed by atoms with Gasteiger partial charge in [0.25, 0.3) is 0 Å². The van der Waals surface area contributed by atoms with Crippen LogP contribution in [0.2, 0.25) is 0 Å². The number of benzene rings is 9. The van der Waals surface area contributed by atoms with Crippen molar-refractivity contribution in [2.24, 2.45) is 0 Å². The lowest BCUT2D eigenvalue weighted by Crippen LogP contribution is -2.32. The molecule has 1 aliphatic carbocycles. The lowest BCUT2D eigenvalue weighted by molar-refractivity contribution is 0.436. The molecular weight excluding hydrogens is 691 g/mol. The third-order valence-corrected chi connectivity index (χ3v) is 11.7. The molecule has 11 rings (SSSR count). The van der Waals surface area contributed by atoms with Crippen molar-refractivity contribution in [1.29, 1.82) is 0 Å². The minimum Gasteiger partial charge on any atom is -0.457 e. The molecule has 2 heteroatoms. The van der Waals surface area contributed by atoms with Gasteiger partial charge in [0, 0.05) is 28.2 Å². The molecule has 0 amide bonds. The summed E-state index contributed by atoms with van der Waals surface area (Å²) in [5, 5.41) is 0. The maximum absolute atomic E-state index is 6.59. The molecule has 0 N–H and O–H groups in total. The number of fused-ring (bicyclic) bond motifs is 9. The predicted octanol–water partition coefficient (Wildman–Crippen LogP) is 14.6. The molecule has 0 unspecified atom stereocenters. The monoisotopic (exact) mass is 727 g/mol. The normalized spacial score (nSPS) is 12.8. The van der Waals surface area contributed by atoms with Gasteiger partial charge in [0.2, 0.25) is 0 Å². The Morgan fingerprint density at radius 2 is 0.772 bits per heavy atom. The van der Waals surface area contributed by atoms with Gasteiger partial charge < -0.3 is 9.64 Å². The number of rotatable bonds is 6. The van der Waals surface area contributed by atoms with E-state index in [4.69, 9.17) is 4.74 Å². The van der Waals surface area contributed by atoms with Crippen molar-refractivity contribution in [2.75, 3.05) is 4.90 Å². The molecule has 268 valence electrons. The van der Waals surface area contributed by atoms with Crippen molar-refractivity contribution in [3.8, 4) is 56.0 Å². The first-order valence-corrected chi connectivity index (χ1v) is 19.6. The van der Waals surface area contributed by atoms with E-state index in [0.29, 0.717) is 0 Å². The van der Waals surface area contributed by atoms with Crippen LogP contribution >= 0.6 is 0 Å². The van der Waals surface area contributed by atoms with Crippen LogP contribution in [0, 0.1) is 0 Å². The van der Waals surface area contributed by atoms with Gasteiger partial charge in [-0.05, 0) is 110 Å². The van der Waals surface area contributed by atoms with Crippen molar-refractivity contribution >= 4 is 17.1 Å². The smallest absolute Gasteiger partial charge is 0.132 e. The number of ether oxygens (including phenoxy) is 1. The van der Waals surface area contributed by atoms with Gasteiger partial charge in [-0.25, -0.2) is 0 Å². The summed E-state index contributed by atoms with van der Waals surface area (Å²) >= 11 is 0. The van der Waals surface area contributed by atoms with E-state index in [9.17, 15) is 0 Å². The fourth-order valence-corrected chi connectivity index (χ4v) is 9.29. The van der Waals surface area contributed by atoms with E-state index < -0.39 is 5.41 Å². The van der Waals surface area contributed by atoms with E-state index in [2.05, 4.69) is 229 Å². The van der Waals surface area contributed by atoms with E-state index in [0.717, 1.165) is 28.6 Å². The van der Waals surface area contributed by atoms with E-state index in [-0.39, 0.29) is 0 Å². The average Bonchev–Trinajstić information content (AvgIpc) is 3.58. The zero-order chi connectivity index (χ0) is 37.8. The summed E-state index contributed by atoms with van der Waals surface area (Å²) in [6.07, 6.45) is 0. The fourth-order valence-electron chi connectivity index (χ4n) is 9.29. The minimum absolute atomic E-state index is 0.510. The Bertz CT molecular complexity index is 2890. The quantitative estimate of drug-likeness (QED) is 0.169. The van der Waals surface area contributed by atoms with Gasteiger partial charge in [-0.2, -0.15) is 0 Å². The number of hydrogen-bond acceptors (Lipinski definition) is 2. The molecule has 0 fully saturated rings. The largest absolute Gasteiger partial charge is 0.457 e. The van der Waals surface area contributed by atoms with Crippen LogP contribution in [0.4, 0.5) is 17.1 Å². The lowest BCUT2D eigenvalue weighted by Gasteiger charge is -2.39. The summed E-state index contributed by atoms with van der Waals surface area (Å²) < 4.78 is 6.59. The summed E-state index contributed by atoms with van der Waals surface area (Å²) in [5.41, 5.74) is 17.4. The molecule has 2 aliphatic rings. The molecule has 1 spiro atoms. The maximum atomic E-state index is 6.59. The maximum Gasteiger partial charge on any atom is 0.132 e. The third kappa shape index (κ3) is 5.26. The molecule has 9 aromatic carbocycles. The van der Waals surface area contributed by atoms with Gasteiger partial charge in [-0.3, -0.25) is 0 Å². The zero-order valence-electron chi connectivity index (χ0n) is 31.2. The van der Waals surface area contributed by atoms with Crippen molar-refractivity contribution in [3.05, 3.63) is 247 Å². The molecule has 0 bridgehead atoms. The Morgan fingerprint density at radius 3 is 1.49 bits per heavy atom. The second-order valence-electron chi connectivity index (χ2n) is 14.8. The van der Waals surface area contributed by atoms with Crippen molar-refractivity contribution in [2.45, 2.75) is 5.41 Å². The van der Waals surface area contributed by atoms with Crippen LogP contribution in [0.15, 0.2) is 224 Å². The van der Waals surface area contributed by atoms with Crippen molar-refractivity contribution < 1.29 is 4.74 Å². The predicted molar refractivity (Wildman–Crippen MR) is 235 cm³/mol. The lowest BCUT2D eigenvalue weighted by atomic mass is 9.66. The molecule has 2 nitrogen and oxygen atoms in total. The fraction of sp³-hybridized carbons (Fsp3) is 0.0182. The van der Waals surface area contributed by atoms with Crippen LogP contribution in [0.1, 0.15) is 22.3 Å². The van der Waals surface area contributed by atoms with Crippen LogP contribution in [-0.4, -0.2) is 0 Å². The first kappa shape index (κ1) is 33.0. The van der Waals surface area contributed by atoms with Gasteiger partial charge in [-0.1, -0.05) is 170 Å². The van der Waals surface area contributed by atoms with E-state index in [1.54, 1.807) is 0 Å². The average molecular weight is 728 g/mol. The van der Waals surface area contributed by atoms with Crippen LogP contribution in [0.5, 0.6) is 11.5 Å². The van der Waals surface area contributed by atoms with Gasteiger partial charge in [0.1, 0.15) is 11.5 Å². The SMILES string of the molecule is c1ccc(-c2cccc(-c3ccc(N(c4ccccc4)c4cccc(-c5cccc6c5-c5ccccc5C65c6ccccc6Oc6ccccc65)c4)cc3)c2)cc1. The van der Waals surface area contributed by atoms with Gasteiger partial charge in [0.15, 0.2) is 0 Å². The Balaban J connectivity index is 1.04. The van der Waals surface area contributed by atoms with E-state index in [1.165, 1.54) is 66.8 Å². The highest BCUT2D eigenvalue weighted by Gasteiger charge is 2.51. The van der Waals surface area contributed by atoms with Crippen LogP contribution < -0.4 is 9.64 Å². The number of nitrogens with zero attached hydrogens (tertiary/aromatic N) is 1. The summed E-state index contributed by atoms with van der Waals surface area (Å²) in [6.45, 7) is 0. The topological polar surface area (TPSA) is 12.5 Å². The molecule has 0 saturated carbocycles. The first-order chi connectivity index (χ1) is 28.3. The highest BCUT2D eigenvalue weighted by Crippen LogP contribution is 2.63. The molecule has 57 heavy (non-hydrogen) atoms. The molecule has 0 aromatic heterocycles. The minimum atomic E-state index is -0.510. The molecule has 9 aromatic rings. The highest BCUT2D eigenvalue weighted by atomic mass is 16.5. The number of anilines is 3. The van der Waals surface area contributed by atoms with Gasteiger partial charge in [-0.15, -0.1) is 0 Å². The van der Waals surface area contributed by atoms with Crippen LogP contribution in [0.3, 0.4) is 0 Å². The molecule has 0 saturated heterocycles. The molecular formula is C55H37NO. The molecule has 1 aliphatic heterocycles. The Morgan fingerprint density at radius 1 is 0.298 bits per heavy atom. The second-order valence-corrected chi connectivity index (χ2v) is 14.8. The molecule has 0 radical (unpaired) electrons. The van der Waals surface area contributed by atoms with Gasteiger partial charge in [0.05, 0.1) is 5.41 Å². The zero-order valence-corrected chi connectivity index (χ0v) is 31.2. The molecule has 1 heterocycles.